The van der Waals surface area contributed by atoms with E-state index >= 15 is 0 Å². The van der Waals surface area contributed by atoms with Gasteiger partial charge in [-0.05, 0) is 49.4 Å². The van der Waals surface area contributed by atoms with Gasteiger partial charge in [0.05, 0.1) is 23.0 Å². The summed E-state index contributed by atoms with van der Waals surface area (Å²) in [7, 11) is 0. The highest BCUT2D eigenvalue weighted by Crippen LogP contribution is 2.24. The molecule has 3 heterocycles. The van der Waals surface area contributed by atoms with Gasteiger partial charge < -0.3 is 5.32 Å². The molecule has 0 fully saturated rings. The quantitative estimate of drug-likeness (QED) is 0.400. The van der Waals surface area contributed by atoms with Crippen molar-refractivity contribution in [3.63, 3.8) is 0 Å². The Balaban J connectivity index is 1.56. The largest absolute Gasteiger partial charge is 0.306 e. The van der Waals surface area contributed by atoms with Crippen LogP contribution in [0.25, 0.3) is 22.5 Å². The summed E-state index contributed by atoms with van der Waals surface area (Å²) in [6.07, 6.45) is 3.02. The van der Waals surface area contributed by atoms with E-state index in [9.17, 15) is 9.18 Å². The van der Waals surface area contributed by atoms with Crippen molar-refractivity contribution in [1.29, 1.82) is 0 Å². The van der Waals surface area contributed by atoms with Crippen LogP contribution in [0, 0.1) is 12.7 Å². The normalized spacial score (nSPS) is 11.1. The van der Waals surface area contributed by atoms with Gasteiger partial charge in [0.25, 0.3) is 5.91 Å². The van der Waals surface area contributed by atoms with Gasteiger partial charge in [0.2, 0.25) is 0 Å². The molecule has 0 unspecified atom stereocenters. The number of anilines is 1. The lowest BCUT2D eigenvalue weighted by Crippen LogP contribution is -2.15. The fraction of sp³-hybridized carbons (Fsp3) is 0.0455. The Kier molecular flexibility index (Phi) is 4.98. The van der Waals surface area contributed by atoms with Crippen molar-refractivity contribution in [1.82, 2.24) is 29.5 Å². The molecule has 0 bridgehead atoms. The minimum absolute atomic E-state index is 0.278. The molecule has 1 amide bonds. The van der Waals surface area contributed by atoms with Crippen LogP contribution in [0.3, 0.4) is 0 Å². The van der Waals surface area contributed by atoms with Crippen molar-refractivity contribution in [2.75, 3.05) is 5.32 Å². The van der Waals surface area contributed by atoms with E-state index in [-0.39, 0.29) is 11.7 Å². The van der Waals surface area contributed by atoms with Gasteiger partial charge in [-0.2, -0.15) is 14.9 Å². The van der Waals surface area contributed by atoms with E-state index in [2.05, 4.69) is 41.4 Å². The van der Waals surface area contributed by atoms with Crippen LogP contribution >= 0.6 is 15.9 Å². The van der Waals surface area contributed by atoms with Crippen LogP contribution in [-0.4, -0.2) is 35.4 Å². The van der Waals surface area contributed by atoms with Crippen LogP contribution in [0.2, 0.25) is 0 Å². The third kappa shape index (κ3) is 3.65. The summed E-state index contributed by atoms with van der Waals surface area (Å²) in [6.45, 7) is 1.82. The Labute approximate surface area is 189 Å². The summed E-state index contributed by atoms with van der Waals surface area (Å²) in [5.74, 6) is 0.307. The maximum atomic E-state index is 13.3. The van der Waals surface area contributed by atoms with E-state index < -0.39 is 0 Å². The van der Waals surface area contributed by atoms with E-state index in [0.29, 0.717) is 39.6 Å². The predicted octanol–water partition coefficient (Wildman–Crippen LogP) is 4.46. The maximum Gasteiger partial charge on any atom is 0.256 e. The van der Waals surface area contributed by atoms with E-state index in [4.69, 9.17) is 0 Å². The minimum Gasteiger partial charge on any atom is -0.306 e. The van der Waals surface area contributed by atoms with Gasteiger partial charge in [-0.15, -0.1) is 0 Å². The van der Waals surface area contributed by atoms with Crippen LogP contribution in [0.1, 0.15) is 16.1 Å². The first-order valence-electron chi connectivity index (χ1n) is 9.58. The van der Waals surface area contributed by atoms with Gasteiger partial charge in [0.15, 0.2) is 11.5 Å². The SMILES string of the molecule is Cc1cc(NC(=O)c2cccc(Br)c2)n(-c2ncnc3c2cnn3-c2ccc(F)cc2)n1. The zero-order valence-corrected chi connectivity index (χ0v) is 18.3. The van der Waals surface area contributed by atoms with Gasteiger partial charge in [0.1, 0.15) is 18.0 Å². The molecule has 3 aromatic heterocycles. The number of aromatic nitrogens is 6. The average molecular weight is 492 g/mol. The van der Waals surface area contributed by atoms with E-state index in [1.165, 1.54) is 18.5 Å². The molecule has 158 valence electrons. The maximum absolute atomic E-state index is 13.3. The van der Waals surface area contributed by atoms with E-state index in [0.717, 1.165) is 4.47 Å². The van der Waals surface area contributed by atoms with Gasteiger partial charge >= 0.3 is 0 Å². The number of carbonyl (C=O) groups excluding carboxylic acids is 1. The lowest BCUT2D eigenvalue weighted by Gasteiger charge is -2.09. The van der Waals surface area contributed by atoms with E-state index in [1.54, 1.807) is 52.0 Å². The Morgan fingerprint density at radius 1 is 1.06 bits per heavy atom. The fourth-order valence-corrected chi connectivity index (χ4v) is 3.74. The molecule has 5 rings (SSSR count). The lowest BCUT2D eigenvalue weighted by molar-refractivity contribution is 0.102. The number of nitrogens with zero attached hydrogens (tertiary/aromatic N) is 6. The monoisotopic (exact) mass is 491 g/mol. The predicted molar refractivity (Wildman–Crippen MR) is 121 cm³/mol. The van der Waals surface area contributed by atoms with Crippen molar-refractivity contribution in [3.05, 3.63) is 88.7 Å². The summed E-state index contributed by atoms with van der Waals surface area (Å²) >= 11 is 3.38. The van der Waals surface area contributed by atoms with Crippen molar-refractivity contribution < 1.29 is 9.18 Å². The Bertz CT molecular complexity index is 1460. The number of fused-ring (bicyclic) bond motifs is 1. The molecule has 0 saturated carbocycles. The standard InChI is InChI=1S/C22H15BrFN7O/c1-13-9-19(28-22(32)14-3-2-4-15(23)10-14)31(29-13)21-18-11-27-30(20(18)25-12-26-21)17-7-5-16(24)6-8-17/h2-12H,1H3,(H,28,32). The molecule has 0 saturated heterocycles. The van der Waals surface area contributed by atoms with Gasteiger partial charge in [-0.3, -0.25) is 4.79 Å². The Morgan fingerprint density at radius 3 is 2.66 bits per heavy atom. The van der Waals surface area contributed by atoms with Gasteiger partial charge in [-0.1, -0.05) is 22.0 Å². The molecule has 0 atom stereocenters. The molecule has 10 heteroatoms. The van der Waals surface area contributed by atoms with E-state index in [1.807, 2.05) is 13.0 Å². The molecule has 1 N–H and O–H groups in total. The highest BCUT2D eigenvalue weighted by Gasteiger charge is 2.18. The van der Waals surface area contributed by atoms with Crippen molar-refractivity contribution in [3.8, 4) is 11.5 Å². The minimum atomic E-state index is -0.335. The summed E-state index contributed by atoms with van der Waals surface area (Å²) < 4.78 is 17.3. The summed E-state index contributed by atoms with van der Waals surface area (Å²) in [6, 6.07) is 14.8. The zero-order chi connectivity index (χ0) is 22.2. The van der Waals surface area contributed by atoms with Crippen molar-refractivity contribution >= 4 is 38.7 Å². The summed E-state index contributed by atoms with van der Waals surface area (Å²) in [4.78, 5) is 21.5. The second-order valence-corrected chi connectivity index (χ2v) is 7.93. The number of benzene rings is 2. The first-order valence-corrected chi connectivity index (χ1v) is 10.4. The molecule has 32 heavy (non-hydrogen) atoms. The number of amides is 1. The molecule has 0 radical (unpaired) electrons. The number of hydrogen-bond donors (Lipinski definition) is 1. The average Bonchev–Trinajstić information content (AvgIpc) is 3.37. The number of rotatable bonds is 4. The first-order chi connectivity index (χ1) is 15.5. The second kappa shape index (κ2) is 7.97. The summed E-state index contributed by atoms with van der Waals surface area (Å²) in [5.41, 5.74) is 2.39. The lowest BCUT2D eigenvalue weighted by atomic mass is 10.2. The van der Waals surface area contributed by atoms with Crippen molar-refractivity contribution in [2.45, 2.75) is 6.92 Å². The number of halogens is 2. The fourth-order valence-electron chi connectivity index (χ4n) is 3.34. The highest BCUT2D eigenvalue weighted by molar-refractivity contribution is 9.10. The molecule has 0 aliphatic heterocycles. The molecular weight excluding hydrogens is 477 g/mol. The topological polar surface area (TPSA) is 90.5 Å². The second-order valence-electron chi connectivity index (χ2n) is 7.01. The number of aryl methyl sites for hydroxylation is 1. The van der Waals surface area contributed by atoms with Gasteiger partial charge in [0, 0.05) is 16.1 Å². The van der Waals surface area contributed by atoms with Crippen LogP contribution in [0.15, 0.2) is 71.6 Å². The molecule has 0 aliphatic carbocycles. The number of nitrogens with one attached hydrogen (secondary N) is 1. The van der Waals surface area contributed by atoms with Gasteiger partial charge in [-0.25, -0.2) is 19.0 Å². The molecular formula is C22H15BrFN7O. The van der Waals surface area contributed by atoms with Crippen LogP contribution in [0.4, 0.5) is 10.2 Å². The van der Waals surface area contributed by atoms with Crippen molar-refractivity contribution in [2.24, 2.45) is 0 Å². The molecule has 0 aliphatic rings. The number of hydrogen-bond acceptors (Lipinski definition) is 5. The zero-order valence-electron chi connectivity index (χ0n) is 16.7. The third-order valence-corrected chi connectivity index (χ3v) is 5.27. The molecule has 0 spiro atoms. The molecule has 8 nitrogen and oxygen atoms in total. The Morgan fingerprint density at radius 2 is 1.88 bits per heavy atom. The van der Waals surface area contributed by atoms with Crippen LogP contribution in [0.5, 0.6) is 0 Å². The van der Waals surface area contributed by atoms with Crippen LogP contribution in [-0.2, 0) is 0 Å². The first kappa shape index (κ1) is 20.0. The molecule has 5 aromatic rings. The Hall–Kier alpha value is -3.92. The molecule has 2 aromatic carbocycles. The summed E-state index contributed by atoms with van der Waals surface area (Å²) in [5, 5.41) is 12.4. The highest BCUT2D eigenvalue weighted by atomic mass is 79.9. The number of carbonyl (C=O) groups is 1. The third-order valence-electron chi connectivity index (χ3n) is 4.78. The smallest absolute Gasteiger partial charge is 0.256 e. The van der Waals surface area contributed by atoms with Crippen LogP contribution < -0.4 is 5.32 Å².